The van der Waals surface area contributed by atoms with Crippen LogP contribution < -0.4 is 4.90 Å². The summed E-state index contributed by atoms with van der Waals surface area (Å²) in [5, 5.41) is 9.64. The van der Waals surface area contributed by atoms with Crippen molar-refractivity contribution in [2.24, 2.45) is 0 Å². The lowest BCUT2D eigenvalue weighted by Crippen LogP contribution is -2.36. The third-order valence-electron chi connectivity index (χ3n) is 4.40. The molecule has 1 atom stereocenters. The molecule has 3 rings (SSSR count). The summed E-state index contributed by atoms with van der Waals surface area (Å²) in [5.41, 5.74) is 2.10. The topological polar surface area (TPSA) is 58.5 Å². The van der Waals surface area contributed by atoms with E-state index in [0.717, 1.165) is 48.7 Å². The molecule has 5 heteroatoms. The van der Waals surface area contributed by atoms with E-state index in [9.17, 15) is 5.11 Å². The average molecular weight is 313 g/mol. The van der Waals surface area contributed by atoms with Crippen LogP contribution in [-0.4, -0.2) is 41.4 Å². The maximum atomic E-state index is 9.64. The number of piperidine rings is 1. The summed E-state index contributed by atoms with van der Waals surface area (Å²) in [5.74, 6) is 1.64. The van der Waals surface area contributed by atoms with Crippen LogP contribution in [0, 0.1) is 0 Å². The minimum Gasteiger partial charge on any atom is -0.393 e. The van der Waals surface area contributed by atoms with E-state index in [4.69, 9.17) is 9.72 Å². The van der Waals surface area contributed by atoms with Crippen molar-refractivity contribution in [3.8, 4) is 11.4 Å². The minimum atomic E-state index is -0.181. The molecule has 0 spiro atoms. The van der Waals surface area contributed by atoms with Crippen LogP contribution in [0.3, 0.4) is 0 Å². The Hall–Kier alpha value is -1.98. The van der Waals surface area contributed by atoms with Crippen LogP contribution in [0.5, 0.6) is 0 Å². The number of aliphatic hydroxyl groups excluding tert-OH is 1. The summed E-state index contributed by atoms with van der Waals surface area (Å²) < 4.78 is 5.38. The highest BCUT2D eigenvalue weighted by Gasteiger charge is 2.18. The molecule has 23 heavy (non-hydrogen) atoms. The molecule has 1 aliphatic heterocycles. The Labute approximate surface area is 137 Å². The molecule has 1 aromatic carbocycles. The zero-order valence-corrected chi connectivity index (χ0v) is 13.6. The predicted molar refractivity (Wildman–Crippen MR) is 90.3 cm³/mol. The molecule has 1 aromatic heterocycles. The first-order valence-corrected chi connectivity index (χ1v) is 8.06. The van der Waals surface area contributed by atoms with Crippen LogP contribution in [-0.2, 0) is 4.74 Å². The Kier molecular flexibility index (Phi) is 4.88. The van der Waals surface area contributed by atoms with Gasteiger partial charge in [0.1, 0.15) is 5.82 Å². The molecule has 1 unspecified atom stereocenters. The molecule has 1 N–H and O–H groups in total. The molecule has 2 heterocycles. The number of hydrogen-bond donors (Lipinski definition) is 1. The van der Waals surface area contributed by atoms with Gasteiger partial charge in [-0.2, -0.15) is 0 Å². The Bertz CT molecular complexity index is 654. The molecule has 2 aromatic rings. The van der Waals surface area contributed by atoms with Gasteiger partial charge in [0.05, 0.1) is 12.2 Å². The van der Waals surface area contributed by atoms with E-state index >= 15 is 0 Å². The molecule has 0 amide bonds. The van der Waals surface area contributed by atoms with Crippen molar-refractivity contribution in [2.45, 2.75) is 32.0 Å². The lowest BCUT2D eigenvalue weighted by molar-refractivity contribution is 0.119. The highest BCUT2D eigenvalue weighted by atomic mass is 16.5. The van der Waals surface area contributed by atoms with Crippen molar-refractivity contribution in [2.75, 3.05) is 25.1 Å². The number of hydrogen-bond acceptors (Lipinski definition) is 5. The third-order valence-corrected chi connectivity index (χ3v) is 4.40. The van der Waals surface area contributed by atoms with Crippen molar-refractivity contribution in [3.63, 3.8) is 0 Å². The summed E-state index contributed by atoms with van der Waals surface area (Å²) in [6.07, 6.45) is 3.25. The standard InChI is InChI=1S/C18H23N3O2/c1-13(23-2)14-4-3-5-15(12-14)18-19-9-6-17(20-18)21-10-7-16(22)8-11-21/h3-6,9,12-13,16,22H,7-8,10-11H2,1-2H3. The van der Waals surface area contributed by atoms with Gasteiger partial charge >= 0.3 is 0 Å². The number of aliphatic hydroxyl groups is 1. The van der Waals surface area contributed by atoms with Crippen LogP contribution in [0.1, 0.15) is 31.4 Å². The molecule has 0 bridgehead atoms. The number of methoxy groups -OCH3 is 1. The van der Waals surface area contributed by atoms with E-state index in [0.29, 0.717) is 0 Å². The van der Waals surface area contributed by atoms with Gasteiger partial charge in [-0.3, -0.25) is 0 Å². The first-order valence-electron chi connectivity index (χ1n) is 8.06. The van der Waals surface area contributed by atoms with E-state index in [1.54, 1.807) is 13.3 Å². The van der Waals surface area contributed by atoms with Gasteiger partial charge in [-0.05, 0) is 37.5 Å². The van der Waals surface area contributed by atoms with Crippen molar-refractivity contribution in [1.82, 2.24) is 9.97 Å². The zero-order valence-electron chi connectivity index (χ0n) is 13.6. The monoisotopic (exact) mass is 313 g/mol. The quantitative estimate of drug-likeness (QED) is 0.940. The number of benzene rings is 1. The normalized spacial score (nSPS) is 17.3. The maximum Gasteiger partial charge on any atom is 0.161 e. The average Bonchev–Trinajstić information content (AvgIpc) is 2.62. The largest absolute Gasteiger partial charge is 0.393 e. The fraction of sp³-hybridized carbons (Fsp3) is 0.444. The number of rotatable bonds is 4. The summed E-state index contributed by atoms with van der Waals surface area (Å²) in [4.78, 5) is 11.3. The molecule has 1 fully saturated rings. The summed E-state index contributed by atoms with van der Waals surface area (Å²) in [6.45, 7) is 3.69. The second-order valence-corrected chi connectivity index (χ2v) is 5.96. The van der Waals surface area contributed by atoms with Gasteiger partial charge in [0.15, 0.2) is 5.82 Å². The van der Waals surface area contributed by atoms with Crippen LogP contribution in [0.4, 0.5) is 5.82 Å². The van der Waals surface area contributed by atoms with E-state index in [2.05, 4.69) is 16.0 Å². The zero-order chi connectivity index (χ0) is 16.2. The third kappa shape index (κ3) is 3.68. The van der Waals surface area contributed by atoms with Crippen LogP contribution in [0.25, 0.3) is 11.4 Å². The van der Waals surface area contributed by atoms with Crippen molar-refractivity contribution >= 4 is 5.82 Å². The number of ether oxygens (including phenoxy) is 1. The predicted octanol–water partition coefficient (Wildman–Crippen LogP) is 2.81. The Morgan fingerprint density at radius 2 is 2.04 bits per heavy atom. The van der Waals surface area contributed by atoms with E-state index < -0.39 is 0 Å². The highest BCUT2D eigenvalue weighted by molar-refractivity contribution is 5.58. The van der Waals surface area contributed by atoms with Crippen molar-refractivity contribution in [1.29, 1.82) is 0 Å². The van der Waals surface area contributed by atoms with Gasteiger partial charge in [-0.1, -0.05) is 18.2 Å². The summed E-state index contributed by atoms with van der Waals surface area (Å²) >= 11 is 0. The van der Waals surface area contributed by atoms with Crippen LogP contribution in [0.15, 0.2) is 36.5 Å². The van der Waals surface area contributed by atoms with E-state index in [1.807, 2.05) is 31.2 Å². The molecule has 122 valence electrons. The Morgan fingerprint density at radius 1 is 1.26 bits per heavy atom. The first kappa shape index (κ1) is 15.9. The second-order valence-electron chi connectivity index (χ2n) is 5.96. The van der Waals surface area contributed by atoms with Gasteiger partial charge in [-0.25, -0.2) is 9.97 Å². The van der Waals surface area contributed by atoms with Gasteiger partial charge < -0.3 is 14.7 Å². The number of nitrogens with zero attached hydrogens (tertiary/aromatic N) is 3. The Balaban J connectivity index is 1.85. The molecule has 0 radical (unpaired) electrons. The number of aromatic nitrogens is 2. The van der Waals surface area contributed by atoms with Crippen LogP contribution >= 0.6 is 0 Å². The SMILES string of the molecule is COC(C)c1cccc(-c2nccc(N3CCC(O)CC3)n2)c1. The minimum absolute atomic E-state index is 0.0433. The maximum absolute atomic E-state index is 9.64. The van der Waals surface area contributed by atoms with Gasteiger partial charge in [0.25, 0.3) is 0 Å². The fourth-order valence-corrected chi connectivity index (χ4v) is 2.83. The summed E-state index contributed by atoms with van der Waals surface area (Å²) in [7, 11) is 1.71. The molecule has 1 aliphatic rings. The molecular formula is C18H23N3O2. The Morgan fingerprint density at radius 3 is 2.78 bits per heavy atom. The molecule has 5 nitrogen and oxygen atoms in total. The summed E-state index contributed by atoms with van der Waals surface area (Å²) in [6, 6.07) is 10.1. The smallest absolute Gasteiger partial charge is 0.161 e. The van der Waals surface area contributed by atoms with E-state index in [-0.39, 0.29) is 12.2 Å². The van der Waals surface area contributed by atoms with Gasteiger partial charge in [0.2, 0.25) is 0 Å². The molecule has 1 saturated heterocycles. The first-order chi connectivity index (χ1) is 11.2. The lowest BCUT2D eigenvalue weighted by atomic mass is 10.1. The second kappa shape index (κ2) is 7.06. The van der Waals surface area contributed by atoms with Gasteiger partial charge in [0, 0.05) is 32.0 Å². The van der Waals surface area contributed by atoms with E-state index in [1.165, 1.54) is 0 Å². The van der Waals surface area contributed by atoms with Crippen molar-refractivity contribution in [3.05, 3.63) is 42.1 Å². The highest BCUT2D eigenvalue weighted by Crippen LogP contribution is 2.24. The fourth-order valence-electron chi connectivity index (χ4n) is 2.83. The van der Waals surface area contributed by atoms with Crippen molar-refractivity contribution < 1.29 is 9.84 Å². The van der Waals surface area contributed by atoms with Crippen LogP contribution in [0.2, 0.25) is 0 Å². The lowest BCUT2D eigenvalue weighted by Gasteiger charge is -2.30. The molecule has 0 saturated carbocycles. The molecule has 0 aliphatic carbocycles. The number of anilines is 1. The molecular weight excluding hydrogens is 290 g/mol. The van der Waals surface area contributed by atoms with Gasteiger partial charge in [-0.15, -0.1) is 0 Å².